The van der Waals surface area contributed by atoms with Crippen molar-refractivity contribution in [2.24, 2.45) is 5.92 Å². The first-order chi connectivity index (χ1) is 10.0. The Hall–Kier alpha value is -0.660. The van der Waals surface area contributed by atoms with Gasteiger partial charge in [0.25, 0.3) is 0 Å². The van der Waals surface area contributed by atoms with Gasteiger partial charge in [-0.3, -0.25) is 4.79 Å². The average molecular weight is 318 g/mol. The van der Waals surface area contributed by atoms with Gasteiger partial charge in [0.15, 0.2) is 0 Å². The summed E-state index contributed by atoms with van der Waals surface area (Å²) in [5.74, 6) is -0.915. The van der Waals surface area contributed by atoms with Gasteiger partial charge in [0, 0.05) is 13.1 Å². The van der Waals surface area contributed by atoms with Gasteiger partial charge in [-0.1, -0.05) is 12.8 Å². The molecule has 1 saturated heterocycles. The number of sulfonamides is 1. The van der Waals surface area contributed by atoms with E-state index in [-0.39, 0.29) is 0 Å². The highest BCUT2D eigenvalue weighted by Crippen LogP contribution is 2.31. The maximum Gasteiger partial charge on any atom is 0.310 e. The lowest BCUT2D eigenvalue weighted by Crippen LogP contribution is -2.43. The third-order valence-electron chi connectivity index (χ3n) is 4.54. The lowest BCUT2D eigenvalue weighted by Gasteiger charge is -2.26. The van der Waals surface area contributed by atoms with Gasteiger partial charge in [0.05, 0.1) is 18.3 Å². The van der Waals surface area contributed by atoms with Crippen LogP contribution < -0.4 is 4.72 Å². The van der Waals surface area contributed by atoms with Gasteiger partial charge in [-0.15, -0.1) is 0 Å². The Bertz CT molecular complexity index is 446. The van der Waals surface area contributed by atoms with Crippen LogP contribution >= 0.6 is 0 Å². The number of ether oxygens (including phenoxy) is 1. The smallest absolute Gasteiger partial charge is 0.310 e. The van der Waals surface area contributed by atoms with E-state index in [9.17, 15) is 13.2 Å². The Balaban J connectivity index is 1.84. The molecule has 2 fully saturated rings. The summed E-state index contributed by atoms with van der Waals surface area (Å²) < 4.78 is 32.1. The third-order valence-corrected chi connectivity index (χ3v) is 6.50. The number of esters is 1. The van der Waals surface area contributed by atoms with Crippen LogP contribution in [0.4, 0.5) is 0 Å². The van der Waals surface area contributed by atoms with Crippen LogP contribution in [0.5, 0.6) is 0 Å². The molecule has 2 unspecified atom stereocenters. The van der Waals surface area contributed by atoms with Crippen LogP contribution in [0.3, 0.4) is 0 Å². The Labute approximate surface area is 127 Å². The van der Waals surface area contributed by atoms with Crippen molar-refractivity contribution in [2.75, 3.05) is 33.3 Å². The molecule has 0 aromatic rings. The molecule has 2 rings (SSSR count). The molecule has 6 nitrogen and oxygen atoms in total. The van der Waals surface area contributed by atoms with Crippen molar-refractivity contribution >= 4 is 16.0 Å². The summed E-state index contributed by atoms with van der Waals surface area (Å²) in [5, 5.41) is -0.633. The molecule has 1 heterocycles. The molecule has 7 heteroatoms. The number of nitrogens with zero attached hydrogens (tertiary/aromatic N) is 1. The van der Waals surface area contributed by atoms with E-state index < -0.39 is 27.2 Å². The van der Waals surface area contributed by atoms with E-state index >= 15 is 0 Å². The van der Waals surface area contributed by atoms with Gasteiger partial charge in [0.1, 0.15) is 0 Å². The highest BCUT2D eigenvalue weighted by atomic mass is 32.2. The fourth-order valence-corrected chi connectivity index (χ4v) is 5.10. The molecular weight excluding hydrogens is 292 g/mol. The normalized spacial score (nSPS) is 27.7. The number of likely N-dealkylation sites (tertiary alicyclic amines) is 1. The quantitative estimate of drug-likeness (QED) is 0.731. The van der Waals surface area contributed by atoms with Crippen LogP contribution in [0.15, 0.2) is 0 Å². The van der Waals surface area contributed by atoms with Crippen molar-refractivity contribution in [3.63, 3.8) is 0 Å². The zero-order valence-corrected chi connectivity index (χ0v) is 13.5. The average Bonchev–Trinajstić information content (AvgIpc) is 2.98. The van der Waals surface area contributed by atoms with Crippen molar-refractivity contribution in [2.45, 2.75) is 43.8 Å². The predicted octanol–water partition coefficient (Wildman–Crippen LogP) is 0.733. The molecule has 122 valence electrons. The van der Waals surface area contributed by atoms with E-state index in [2.05, 4.69) is 9.62 Å². The van der Waals surface area contributed by atoms with Crippen LogP contribution in [0.25, 0.3) is 0 Å². The molecule has 2 atom stereocenters. The number of carbonyl (C=O) groups excluding carboxylic acids is 1. The fourth-order valence-electron chi connectivity index (χ4n) is 3.35. The molecule has 1 N–H and O–H groups in total. The first-order valence-corrected chi connectivity index (χ1v) is 9.38. The van der Waals surface area contributed by atoms with Crippen molar-refractivity contribution in [1.29, 1.82) is 0 Å². The zero-order chi connectivity index (χ0) is 15.3. The number of hydrogen-bond acceptors (Lipinski definition) is 5. The second-order valence-electron chi connectivity index (χ2n) is 5.94. The summed E-state index contributed by atoms with van der Waals surface area (Å²) in [6, 6.07) is 0. The number of methoxy groups -OCH3 is 1. The minimum atomic E-state index is -3.44. The molecule has 1 aliphatic heterocycles. The van der Waals surface area contributed by atoms with Crippen LogP contribution in [0.2, 0.25) is 0 Å². The van der Waals surface area contributed by atoms with Crippen LogP contribution in [0, 0.1) is 5.92 Å². The number of piperidine rings is 1. The lowest BCUT2D eigenvalue weighted by molar-refractivity contribution is -0.145. The number of carbonyl (C=O) groups is 1. The Morgan fingerprint density at radius 3 is 2.57 bits per heavy atom. The summed E-state index contributed by atoms with van der Waals surface area (Å²) in [6.45, 7) is 3.27. The second kappa shape index (κ2) is 7.56. The van der Waals surface area contributed by atoms with E-state index in [4.69, 9.17) is 4.74 Å². The van der Waals surface area contributed by atoms with Gasteiger partial charge in [-0.05, 0) is 38.8 Å². The highest BCUT2D eigenvalue weighted by molar-refractivity contribution is 7.90. The van der Waals surface area contributed by atoms with E-state index in [0.29, 0.717) is 19.4 Å². The Morgan fingerprint density at radius 1 is 1.19 bits per heavy atom. The molecule has 0 spiro atoms. The van der Waals surface area contributed by atoms with Gasteiger partial charge in [-0.2, -0.15) is 0 Å². The number of hydrogen-bond donors (Lipinski definition) is 1. The summed E-state index contributed by atoms with van der Waals surface area (Å²) in [4.78, 5) is 14.0. The topological polar surface area (TPSA) is 75.7 Å². The first kappa shape index (κ1) is 16.7. The van der Waals surface area contributed by atoms with Gasteiger partial charge >= 0.3 is 5.97 Å². The zero-order valence-electron chi connectivity index (χ0n) is 12.7. The Kier molecular flexibility index (Phi) is 6.01. The summed E-state index contributed by atoms with van der Waals surface area (Å²) in [5.41, 5.74) is 0. The molecular formula is C14H26N2O4S. The van der Waals surface area contributed by atoms with Crippen molar-refractivity contribution in [3.8, 4) is 0 Å². The predicted molar refractivity (Wildman–Crippen MR) is 80.4 cm³/mol. The molecule has 1 saturated carbocycles. The van der Waals surface area contributed by atoms with Gasteiger partial charge < -0.3 is 9.64 Å². The van der Waals surface area contributed by atoms with Crippen molar-refractivity contribution in [1.82, 2.24) is 9.62 Å². The molecule has 0 aromatic heterocycles. The SMILES string of the molecule is COC(=O)C1CCCC1S(=O)(=O)NCCN1CCCCC1. The first-order valence-electron chi connectivity index (χ1n) is 7.83. The highest BCUT2D eigenvalue weighted by Gasteiger charge is 2.41. The van der Waals surface area contributed by atoms with Crippen LogP contribution in [-0.4, -0.2) is 57.8 Å². The maximum absolute atomic E-state index is 12.4. The van der Waals surface area contributed by atoms with Crippen LogP contribution in [0.1, 0.15) is 38.5 Å². The lowest BCUT2D eigenvalue weighted by atomic mass is 10.1. The molecule has 0 aromatic carbocycles. The van der Waals surface area contributed by atoms with Crippen LogP contribution in [-0.2, 0) is 19.6 Å². The third kappa shape index (κ3) is 4.40. The largest absolute Gasteiger partial charge is 0.469 e. The van der Waals surface area contributed by atoms with E-state index in [0.717, 1.165) is 26.1 Å². The fraction of sp³-hybridized carbons (Fsp3) is 0.929. The maximum atomic E-state index is 12.4. The second-order valence-corrected chi connectivity index (χ2v) is 7.92. The van der Waals surface area contributed by atoms with E-state index in [1.807, 2.05) is 0 Å². The van der Waals surface area contributed by atoms with Crippen molar-refractivity contribution < 1.29 is 17.9 Å². The summed E-state index contributed by atoms with van der Waals surface area (Å²) in [7, 11) is -2.13. The summed E-state index contributed by atoms with van der Waals surface area (Å²) in [6.07, 6.45) is 5.56. The van der Waals surface area contributed by atoms with E-state index in [1.54, 1.807) is 0 Å². The van der Waals surface area contributed by atoms with E-state index in [1.165, 1.54) is 26.4 Å². The monoisotopic (exact) mass is 318 g/mol. The number of nitrogens with one attached hydrogen (secondary N) is 1. The molecule has 0 radical (unpaired) electrons. The van der Waals surface area contributed by atoms with Crippen molar-refractivity contribution in [3.05, 3.63) is 0 Å². The molecule has 21 heavy (non-hydrogen) atoms. The minimum Gasteiger partial charge on any atom is -0.469 e. The summed E-state index contributed by atoms with van der Waals surface area (Å²) >= 11 is 0. The minimum absolute atomic E-state index is 0.404. The molecule has 0 amide bonds. The molecule has 1 aliphatic carbocycles. The number of rotatable bonds is 6. The molecule has 2 aliphatic rings. The molecule has 0 bridgehead atoms. The van der Waals surface area contributed by atoms with Gasteiger partial charge in [0.2, 0.25) is 10.0 Å². The standard InChI is InChI=1S/C14H26N2O4S/c1-20-14(17)12-6-5-7-13(12)21(18,19)15-8-11-16-9-3-2-4-10-16/h12-13,15H,2-11H2,1H3. The van der Waals surface area contributed by atoms with Gasteiger partial charge in [-0.25, -0.2) is 13.1 Å². The Morgan fingerprint density at radius 2 is 1.90 bits per heavy atom.